The van der Waals surface area contributed by atoms with E-state index in [1.807, 2.05) is 0 Å². The van der Waals surface area contributed by atoms with E-state index in [0.717, 1.165) is 6.42 Å². The predicted octanol–water partition coefficient (Wildman–Crippen LogP) is 4.32. The Labute approximate surface area is 116 Å². The van der Waals surface area contributed by atoms with Crippen LogP contribution in [0.1, 0.15) is 50.3 Å². The van der Waals surface area contributed by atoms with Gasteiger partial charge in [0.05, 0.1) is 0 Å². The fraction of sp³-hybridized carbons (Fsp3) is 0.389. The number of hydrogen-bond acceptors (Lipinski definition) is 0. The fourth-order valence-electron chi connectivity index (χ4n) is 2.52. The van der Waals surface area contributed by atoms with Crippen molar-refractivity contribution in [3.8, 4) is 0 Å². The van der Waals surface area contributed by atoms with E-state index < -0.39 is 0 Å². The van der Waals surface area contributed by atoms with Gasteiger partial charge in [-0.3, -0.25) is 0 Å². The van der Waals surface area contributed by atoms with E-state index in [0.29, 0.717) is 6.04 Å². The molecule has 0 fully saturated rings. The average molecular weight is 254 g/mol. The van der Waals surface area contributed by atoms with Gasteiger partial charge in [-0.1, -0.05) is 50.6 Å². The number of aromatic nitrogens is 1. The lowest BCUT2D eigenvalue weighted by Crippen LogP contribution is -2.39. The zero-order valence-corrected chi connectivity index (χ0v) is 12.0. The second-order valence-electron chi connectivity index (χ2n) is 5.09. The SMILES string of the molecule is CCCCc1cc[n+](C(CC)c2ccccc2)cc1. The molecule has 0 aliphatic rings. The molecule has 2 rings (SSSR count). The van der Waals surface area contributed by atoms with Crippen molar-refractivity contribution < 1.29 is 4.57 Å². The Morgan fingerprint density at radius 1 is 0.947 bits per heavy atom. The maximum Gasteiger partial charge on any atom is 0.183 e. The highest BCUT2D eigenvalue weighted by Gasteiger charge is 2.17. The zero-order chi connectivity index (χ0) is 13.5. The number of unbranched alkanes of at least 4 members (excludes halogenated alkanes) is 1. The minimum Gasteiger partial charge on any atom is -0.198 e. The minimum atomic E-state index is 0.446. The molecular formula is C18H24N+. The first-order valence-electron chi connectivity index (χ1n) is 7.39. The average Bonchev–Trinajstić information content (AvgIpc) is 2.48. The molecule has 19 heavy (non-hydrogen) atoms. The summed E-state index contributed by atoms with van der Waals surface area (Å²) in [4.78, 5) is 0. The van der Waals surface area contributed by atoms with Gasteiger partial charge in [-0.25, -0.2) is 0 Å². The van der Waals surface area contributed by atoms with E-state index in [1.54, 1.807) is 0 Å². The molecule has 0 bridgehead atoms. The van der Waals surface area contributed by atoms with Crippen molar-refractivity contribution in [2.45, 2.75) is 45.6 Å². The second kappa shape index (κ2) is 7.08. The van der Waals surface area contributed by atoms with E-state index in [1.165, 1.54) is 30.4 Å². The van der Waals surface area contributed by atoms with Crippen molar-refractivity contribution in [2.75, 3.05) is 0 Å². The van der Waals surface area contributed by atoms with Crippen LogP contribution in [0.3, 0.4) is 0 Å². The summed E-state index contributed by atoms with van der Waals surface area (Å²) in [6, 6.07) is 15.7. The number of rotatable bonds is 6. The molecule has 1 aromatic carbocycles. The Morgan fingerprint density at radius 3 is 2.21 bits per heavy atom. The van der Waals surface area contributed by atoms with Crippen LogP contribution in [-0.4, -0.2) is 0 Å². The normalized spacial score (nSPS) is 12.3. The number of nitrogens with zero attached hydrogens (tertiary/aromatic N) is 1. The van der Waals surface area contributed by atoms with Crippen molar-refractivity contribution in [2.24, 2.45) is 0 Å². The summed E-state index contributed by atoms with van der Waals surface area (Å²) in [5.74, 6) is 0. The van der Waals surface area contributed by atoms with Gasteiger partial charge in [0.2, 0.25) is 0 Å². The van der Waals surface area contributed by atoms with Gasteiger partial charge in [0.25, 0.3) is 0 Å². The standard InChI is InChI=1S/C18H24N/c1-3-5-9-16-12-14-19(15-13-16)18(4-2)17-10-7-6-8-11-17/h6-8,10-15,18H,3-5,9H2,1-2H3/q+1. The van der Waals surface area contributed by atoms with Gasteiger partial charge < -0.3 is 0 Å². The lowest BCUT2D eigenvalue weighted by Gasteiger charge is -2.11. The van der Waals surface area contributed by atoms with Gasteiger partial charge in [-0.2, -0.15) is 4.57 Å². The van der Waals surface area contributed by atoms with Crippen molar-refractivity contribution in [3.05, 3.63) is 66.0 Å². The van der Waals surface area contributed by atoms with Crippen LogP contribution in [0.15, 0.2) is 54.9 Å². The molecule has 0 radical (unpaired) electrons. The smallest absolute Gasteiger partial charge is 0.183 e. The fourth-order valence-corrected chi connectivity index (χ4v) is 2.52. The molecule has 2 aromatic rings. The summed E-state index contributed by atoms with van der Waals surface area (Å²) in [6.45, 7) is 4.49. The van der Waals surface area contributed by atoms with Crippen LogP contribution in [0.5, 0.6) is 0 Å². The maximum absolute atomic E-state index is 2.32. The molecule has 0 aliphatic carbocycles. The van der Waals surface area contributed by atoms with E-state index in [9.17, 15) is 0 Å². The first-order valence-corrected chi connectivity index (χ1v) is 7.39. The third-order valence-electron chi connectivity index (χ3n) is 3.67. The van der Waals surface area contributed by atoms with E-state index in [2.05, 4.69) is 73.3 Å². The summed E-state index contributed by atoms with van der Waals surface area (Å²) >= 11 is 0. The van der Waals surface area contributed by atoms with Crippen LogP contribution in [0.2, 0.25) is 0 Å². The predicted molar refractivity (Wildman–Crippen MR) is 80.1 cm³/mol. The summed E-state index contributed by atoms with van der Waals surface area (Å²) in [5.41, 5.74) is 2.83. The minimum absolute atomic E-state index is 0.446. The van der Waals surface area contributed by atoms with Gasteiger partial charge in [0.15, 0.2) is 18.4 Å². The molecule has 0 aliphatic heterocycles. The van der Waals surface area contributed by atoms with Crippen molar-refractivity contribution in [1.29, 1.82) is 0 Å². The largest absolute Gasteiger partial charge is 0.198 e. The highest BCUT2D eigenvalue weighted by molar-refractivity contribution is 5.17. The van der Waals surface area contributed by atoms with Crippen LogP contribution in [0.4, 0.5) is 0 Å². The molecule has 1 aromatic heterocycles. The first kappa shape index (κ1) is 13.8. The third-order valence-corrected chi connectivity index (χ3v) is 3.67. The van der Waals surface area contributed by atoms with Gasteiger partial charge in [0.1, 0.15) is 0 Å². The summed E-state index contributed by atoms with van der Waals surface area (Å²) in [5, 5.41) is 0. The second-order valence-corrected chi connectivity index (χ2v) is 5.09. The number of benzene rings is 1. The van der Waals surface area contributed by atoms with Gasteiger partial charge >= 0.3 is 0 Å². The van der Waals surface area contributed by atoms with Gasteiger partial charge in [-0.15, -0.1) is 0 Å². The van der Waals surface area contributed by atoms with Crippen molar-refractivity contribution >= 4 is 0 Å². The quantitative estimate of drug-likeness (QED) is 0.676. The summed E-state index contributed by atoms with van der Waals surface area (Å²) in [7, 11) is 0. The van der Waals surface area contributed by atoms with Crippen molar-refractivity contribution in [1.82, 2.24) is 0 Å². The molecule has 1 unspecified atom stereocenters. The molecule has 0 saturated carbocycles. The van der Waals surface area contributed by atoms with Crippen LogP contribution in [0.25, 0.3) is 0 Å². The van der Waals surface area contributed by atoms with E-state index in [-0.39, 0.29) is 0 Å². The van der Waals surface area contributed by atoms with Crippen molar-refractivity contribution in [3.63, 3.8) is 0 Å². The lowest BCUT2D eigenvalue weighted by atomic mass is 10.0. The number of pyridine rings is 1. The molecule has 1 heterocycles. The molecule has 1 atom stereocenters. The molecule has 0 spiro atoms. The Balaban J connectivity index is 2.15. The van der Waals surface area contributed by atoms with Crippen LogP contribution in [-0.2, 0) is 6.42 Å². The van der Waals surface area contributed by atoms with Crippen LogP contribution >= 0.6 is 0 Å². The van der Waals surface area contributed by atoms with E-state index >= 15 is 0 Å². The highest BCUT2D eigenvalue weighted by atomic mass is 15.0. The van der Waals surface area contributed by atoms with Crippen LogP contribution in [0, 0.1) is 0 Å². The van der Waals surface area contributed by atoms with Gasteiger partial charge in [0, 0.05) is 24.1 Å². The monoisotopic (exact) mass is 254 g/mol. The Kier molecular flexibility index (Phi) is 5.14. The Morgan fingerprint density at radius 2 is 1.63 bits per heavy atom. The summed E-state index contributed by atoms with van der Waals surface area (Å²) < 4.78 is 2.32. The Bertz CT molecular complexity index is 473. The first-order chi connectivity index (χ1) is 9.35. The van der Waals surface area contributed by atoms with Gasteiger partial charge in [-0.05, 0) is 18.4 Å². The third kappa shape index (κ3) is 3.66. The zero-order valence-electron chi connectivity index (χ0n) is 12.0. The molecule has 0 saturated heterocycles. The lowest BCUT2D eigenvalue weighted by molar-refractivity contribution is -0.714. The molecule has 1 nitrogen and oxygen atoms in total. The number of hydrogen-bond donors (Lipinski definition) is 0. The summed E-state index contributed by atoms with van der Waals surface area (Å²) in [6.07, 6.45) is 9.30. The highest BCUT2D eigenvalue weighted by Crippen LogP contribution is 2.15. The number of aryl methyl sites for hydroxylation is 1. The molecule has 0 amide bonds. The molecule has 1 heteroatoms. The molecule has 0 N–H and O–H groups in total. The molecular weight excluding hydrogens is 230 g/mol. The van der Waals surface area contributed by atoms with Crippen LogP contribution < -0.4 is 4.57 Å². The Hall–Kier alpha value is -1.63. The maximum atomic E-state index is 2.32. The van der Waals surface area contributed by atoms with E-state index in [4.69, 9.17) is 0 Å². The molecule has 100 valence electrons. The topological polar surface area (TPSA) is 3.88 Å².